The molecule has 0 radical (unpaired) electrons. The van der Waals surface area contributed by atoms with Crippen LogP contribution in [-0.2, 0) is 6.42 Å². The van der Waals surface area contributed by atoms with E-state index in [2.05, 4.69) is 9.88 Å². The predicted molar refractivity (Wildman–Crippen MR) is 111 cm³/mol. The monoisotopic (exact) mass is 399 g/mol. The number of benzene rings is 2. The zero-order valence-corrected chi connectivity index (χ0v) is 16.4. The number of hydrogen-bond donors (Lipinski definition) is 0. The second-order valence-corrected chi connectivity index (χ2v) is 6.89. The van der Waals surface area contributed by atoms with Gasteiger partial charge in [0.15, 0.2) is 0 Å². The molecule has 1 aliphatic rings. The van der Waals surface area contributed by atoms with Gasteiger partial charge in [-0.2, -0.15) is 0 Å². The number of halogens is 2. The molecule has 0 N–H and O–H groups in total. The summed E-state index contributed by atoms with van der Waals surface area (Å²) in [6, 6.07) is 16.5. The molecule has 2 heterocycles. The second-order valence-electron chi connectivity index (χ2n) is 6.89. The molecule has 1 saturated heterocycles. The minimum Gasteiger partial charge on any atom is -0.335 e. The number of pyridine rings is 1. The summed E-state index contributed by atoms with van der Waals surface area (Å²) < 4.78 is 13.0. The molecule has 0 saturated carbocycles. The van der Waals surface area contributed by atoms with Crippen molar-refractivity contribution in [3.8, 4) is 0 Å². The van der Waals surface area contributed by atoms with Crippen LogP contribution >= 0.6 is 12.4 Å². The van der Waals surface area contributed by atoms with Crippen LogP contribution in [0.3, 0.4) is 0 Å². The summed E-state index contributed by atoms with van der Waals surface area (Å²) in [7, 11) is 0. The highest BCUT2D eigenvalue weighted by Crippen LogP contribution is 2.18. The number of fused-ring (bicyclic) bond motifs is 1. The van der Waals surface area contributed by atoms with Crippen molar-refractivity contribution in [2.75, 3.05) is 32.7 Å². The van der Waals surface area contributed by atoms with Crippen molar-refractivity contribution in [3.05, 3.63) is 77.9 Å². The number of hydrogen-bond acceptors (Lipinski definition) is 3. The van der Waals surface area contributed by atoms with Crippen molar-refractivity contribution in [1.29, 1.82) is 0 Å². The Morgan fingerprint density at radius 1 is 0.964 bits per heavy atom. The molecule has 146 valence electrons. The average molecular weight is 400 g/mol. The molecule has 1 fully saturated rings. The van der Waals surface area contributed by atoms with Crippen molar-refractivity contribution >= 4 is 29.1 Å². The van der Waals surface area contributed by atoms with Gasteiger partial charge in [-0.3, -0.25) is 14.7 Å². The molecule has 0 unspecified atom stereocenters. The number of carbonyl (C=O) groups is 1. The third-order valence-electron chi connectivity index (χ3n) is 5.17. The normalized spacial score (nSPS) is 14.7. The summed E-state index contributed by atoms with van der Waals surface area (Å²) >= 11 is 0. The van der Waals surface area contributed by atoms with Crippen LogP contribution in [0.5, 0.6) is 0 Å². The van der Waals surface area contributed by atoms with Crippen LogP contribution < -0.4 is 0 Å². The number of rotatable bonds is 4. The fourth-order valence-electron chi connectivity index (χ4n) is 3.55. The maximum atomic E-state index is 13.0. The summed E-state index contributed by atoms with van der Waals surface area (Å²) in [6.07, 6.45) is 2.59. The molecule has 2 aromatic carbocycles. The molecule has 6 heteroatoms. The summed E-state index contributed by atoms with van der Waals surface area (Å²) in [5.41, 5.74) is 1.67. The van der Waals surface area contributed by atoms with Crippen LogP contribution in [0.15, 0.2) is 60.8 Å². The standard InChI is InChI=1S/C22H22FN3O.ClH/c23-19-7-5-17(6-8-19)10-12-25-13-15-26(16-14-25)22(27)21-20-4-2-1-3-18(20)9-11-24-21;/h1-9,11H,10,12-16H2;1H. The van der Waals surface area contributed by atoms with Gasteiger partial charge in [0.2, 0.25) is 0 Å². The molecule has 0 bridgehead atoms. The zero-order chi connectivity index (χ0) is 18.6. The third-order valence-corrected chi connectivity index (χ3v) is 5.17. The molecule has 0 aliphatic carbocycles. The molecule has 4 nitrogen and oxygen atoms in total. The van der Waals surface area contributed by atoms with Gasteiger partial charge in [-0.05, 0) is 35.6 Å². The molecule has 4 rings (SSSR count). The van der Waals surface area contributed by atoms with E-state index in [-0.39, 0.29) is 24.1 Å². The van der Waals surface area contributed by atoms with E-state index in [1.165, 1.54) is 12.1 Å². The number of amides is 1. The Morgan fingerprint density at radius 3 is 2.43 bits per heavy atom. The number of carbonyl (C=O) groups excluding carboxylic acids is 1. The second kappa shape index (κ2) is 9.13. The van der Waals surface area contributed by atoms with Crippen LogP contribution in [0, 0.1) is 5.82 Å². The van der Waals surface area contributed by atoms with Gasteiger partial charge in [-0.1, -0.05) is 36.4 Å². The molecule has 1 aromatic heterocycles. The van der Waals surface area contributed by atoms with Gasteiger partial charge in [0, 0.05) is 44.3 Å². The lowest BCUT2D eigenvalue weighted by molar-refractivity contribution is 0.0635. The van der Waals surface area contributed by atoms with E-state index in [1.807, 2.05) is 47.4 Å². The molecule has 0 atom stereocenters. The van der Waals surface area contributed by atoms with Gasteiger partial charge < -0.3 is 4.90 Å². The smallest absolute Gasteiger partial charge is 0.273 e. The molecule has 28 heavy (non-hydrogen) atoms. The number of aromatic nitrogens is 1. The molecule has 3 aromatic rings. The summed E-state index contributed by atoms with van der Waals surface area (Å²) in [5.74, 6) is -0.196. The lowest BCUT2D eigenvalue weighted by atomic mass is 10.1. The first-order valence-electron chi connectivity index (χ1n) is 9.30. The fraction of sp³-hybridized carbons (Fsp3) is 0.273. The Morgan fingerprint density at radius 2 is 1.68 bits per heavy atom. The van der Waals surface area contributed by atoms with E-state index in [0.29, 0.717) is 18.8 Å². The molecular formula is C22H23ClFN3O. The minimum atomic E-state index is -0.201. The van der Waals surface area contributed by atoms with Crippen molar-refractivity contribution in [2.24, 2.45) is 0 Å². The fourth-order valence-corrected chi connectivity index (χ4v) is 3.55. The largest absolute Gasteiger partial charge is 0.335 e. The van der Waals surface area contributed by atoms with Gasteiger partial charge in [0.05, 0.1) is 0 Å². The van der Waals surface area contributed by atoms with E-state index in [9.17, 15) is 9.18 Å². The summed E-state index contributed by atoms with van der Waals surface area (Å²) in [5, 5.41) is 1.94. The maximum Gasteiger partial charge on any atom is 0.273 e. The number of nitrogens with zero attached hydrogens (tertiary/aromatic N) is 3. The Kier molecular flexibility index (Phi) is 6.60. The lowest BCUT2D eigenvalue weighted by Gasteiger charge is -2.34. The predicted octanol–water partition coefficient (Wildman–Crippen LogP) is 3.80. The van der Waals surface area contributed by atoms with Gasteiger partial charge in [0.25, 0.3) is 5.91 Å². The average Bonchev–Trinajstić information content (AvgIpc) is 2.73. The highest BCUT2D eigenvalue weighted by atomic mass is 35.5. The molecule has 0 spiro atoms. The first-order chi connectivity index (χ1) is 13.2. The van der Waals surface area contributed by atoms with E-state index in [4.69, 9.17) is 0 Å². The maximum absolute atomic E-state index is 13.0. The van der Waals surface area contributed by atoms with Gasteiger partial charge in [-0.25, -0.2) is 4.39 Å². The Bertz CT molecular complexity index is 935. The van der Waals surface area contributed by atoms with Crippen LogP contribution in [0.4, 0.5) is 4.39 Å². The molecule has 1 aliphatic heterocycles. The topological polar surface area (TPSA) is 36.4 Å². The first kappa shape index (κ1) is 20.2. The Balaban J connectivity index is 0.00000225. The summed E-state index contributed by atoms with van der Waals surface area (Å²) in [6.45, 7) is 4.01. The minimum absolute atomic E-state index is 0. The summed E-state index contributed by atoms with van der Waals surface area (Å²) in [4.78, 5) is 21.5. The van der Waals surface area contributed by atoms with Crippen LogP contribution in [0.2, 0.25) is 0 Å². The quantitative estimate of drug-likeness (QED) is 0.669. The van der Waals surface area contributed by atoms with E-state index >= 15 is 0 Å². The van der Waals surface area contributed by atoms with Crippen LogP contribution in [0.25, 0.3) is 10.8 Å². The third kappa shape index (κ3) is 4.49. The first-order valence-corrected chi connectivity index (χ1v) is 9.30. The van der Waals surface area contributed by atoms with Crippen molar-refractivity contribution in [2.45, 2.75) is 6.42 Å². The SMILES string of the molecule is Cl.O=C(c1nccc2ccccc12)N1CCN(CCc2ccc(F)cc2)CC1. The lowest BCUT2D eigenvalue weighted by Crippen LogP contribution is -2.49. The van der Waals surface area contributed by atoms with Crippen molar-refractivity contribution < 1.29 is 9.18 Å². The van der Waals surface area contributed by atoms with Gasteiger partial charge in [0.1, 0.15) is 11.5 Å². The van der Waals surface area contributed by atoms with Crippen molar-refractivity contribution in [1.82, 2.24) is 14.8 Å². The number of piperazine rings is 1. The Labute approximate surface area is 170 Å². The van der Waals surface area contributed by atoms with E-state index in [0.717, 1.165) is 42.4 Å². The highest BCUT2D eigenvalue weighted by Gasteiger charge is 2.24. The zero-order valence-electron chi connectivity index (χ0n) is 15.6. The Hall–Kier alpha value is -2.50. The van der Waals surface area contributed by atoms with Crippen LogP contribution in [-0.4, -0.2) is 53.4 Å². The van der Waals surface area contributed by atoms with E-state index in [1.54, 1.807) is 6.20 Å². The van der Waals surface area contributed by atoms with Crippen LogP contribution in [0.1, 0.15) is 16.1 Å². The van der Waals surface area contributed by atoms with Gasteiger partial charge >= 0.3 is 0 Å². The molecule has 1 amide bonds. The van der Waals surface area contributed by atoms with E-state index < -0.39 is 0 Å². The van der Waals surface area contributed by atoms with Crippen molar-refractivity contribution in [3.63, 3.8) is 0 Å². The van der Waals surface area contributed by atoms with Gasteiger partial charge in [-0.15, -0.1) is 12.4 Å². The highest BCUT2D eigenvalue weighted by molar-refractivity contribution is 6.05. The molecular weight excluding hydrogens is 377 g/mol.